The lowest BCUT2D eigenvalue weighted by atomic mass is 9.87. The van der Waals surface area contributed by atoms with Gasteiger partial charge in [-0.15, -0.1) is 0 Å². The van der Waals surface area contributed by atoms with Crippen LogP contribution >= 0.6 is 23.2 Å². The number of aromatic nitrogens is 2. The van der Waals surface area contributed by atoms with E-state index >= 15 is 0 Å². The Labute approximate surface area is 228 Å². The van der Waals surface area contributed by atoms with Crippen molar-refractivity contribution in [2.45, 2.75) is 52.0 Å². The van der Waals surface area contributed by atoms with Gasteiger partial charge in [-0.2, -0.15) is 13.2 Å². The van der Waals surface area contributed by atoms with Gasteiger partial charge in [0.2, 0.25) is 0 Å². The lowest BCUT2D eigenvalue weighted by molar-refractivity contribution is -0.194. The SMILES string of the molecule is CC(C)(C)[C@@H]1N(c2cc(Cl)cc(Cl)c2)C(=O)[C@@](C)(Cc2ccc(-c3cncnc3)cc2)N1C(=O)C(F)(F)F. The van der Waals surface area contributed by atoms with E-state index in [0.29, 0.717) is 10.5 Å². The van der Waals surface area contributed by atoms with Gasteiger partial charge in [0, 0.05) is 45.5 Å². The largest absolute Gasteiger partial charge is 0.471 e. The zero-order chi connectivity index (χ0) is 28.0. The van der Waals surface area contributed by atoms with E-state index in [4.69, 9.17) is 23.2 Å². The van der Waals surface area contributed by atoms with Crippen LogP contribution in [0.2, 0.25) is 10.0 Å². The molecule has 0 spiro atoms. The molecule has 1 aliphatic rings. The molecule has 6 nitrogen and oxygen atoms in total. The van der Waals surface area contributed by atoms with E-state index in [-0.39, 0.29) is 22.2 Å². The third-order valence-electron chi connectivity index (χ3n) is 6.46. The number of alkyl halides is 3. The molecular weight excluding hydrogens is 540 g/mol. The molecule has 38 heavy (non-hydrogen) atoms. The third-order valence-corrected chi connectivity index (χ3v) is 6.89. The number of benzene rings is 2. The Hall–Kier alpha value is -3.17. The zero-order valence-electron chi connectivity index (χ0n) is 21.1. The summed E-state index contributed by atoms with van der Waals surface area (Å²) in [6, 6.07) is 11.3. The van der Waals surface area contributed by atoms with Gasteiger partial charge in [0.05, 0.1) is 0 Å². The minimum absolute atomic E-state index is 0.156. The summed E-state index contributed by atoms with van der Waals surface area (Å²) < 4.78 is 42.0. The number of hydrogen-bond acceptors (Lipinski definition) is 4. The van der Waals surface area contributed by atoms with E-state index in [1.807, 2.05) is 0 Å². The zero-order valence-corrected chi connectivity index (χ0v) is 22.6. The van der Waals surface area contributed by atoms with Crippen molar-refractivity contribution in [1.82, 2.24) is 14.9 Å². The van der Waals surface area contributed by atoms with Gasteiger partial charge in [-0.3, -0.25) is 19.4 Å². The van der Waals surface area contributed by atoms with Gasteiger partial charge in [0.15, 0.2) is 0 Å². The first-order valence-electron chi connectivity index (χ1n) is 11.7. The first-order valence-corrected chi connectivity index (χ1v) is 12.4. The highest BCUT2D eigenvalue weighted by atomic mass is 35.5. The Bertz CT molecular complexity index is 1340. The molecule has 0 N–H and O–H groups in total. The smallest absolute Gasteiger partial charge is 0.299 e. The average molecular weight is 565 g/mol. The topological polar surface area (TPSA) is 66.4 Å². The standard InChI is InChI=1S/C27H25Cl2F3N4O2/c1-25(2,3)22-35(21-10-19(28)9-20(29)11-21)23(37)26(4,36(22)24(38)27(30,31)32)12-16-5-7-17(8-6-16)18-13-33-15-34-14-18/h5-11,13-15,22H,12H2,1-4H3/t22-,26-/m1/s1. The number of anilines is 1. The first kappa shape index (κ1) is 27.9. The summed E-state index contributed by atoms with van der Waals surface area (Å²) in [7, 11) is 0. The molecule has 0 saturated carbocycles. The molecule has 200 valence electrons. The minimum Gasteiger partial charge on any atom is -0.299 e. The van der Waals surface area contributed by atoms with Crippen molar-refractivity contribution in [2.24, 2.45) is 5.41 Å². The monoisotopic (exact) mass is 564 g/mol. The van der Waals surface area contributed by atoms with Crippen LogP contribution in [0.3, 0.4) is 0 Å². The van der Waals surface area contributed by atoms with Crippen LogP contribution in [0.4, 0.5) is 18.9 Å². The van der Waals surface area contributed by atoms with Gasteiger partial charge < -0.3 is 0 Å². The highest BCUT2D eigenvalue weighted by molar-refractivity contribution is 6.35. The summed E-state index contributed by atoms with van der Waals surface area (Å²) in [5, 5.41) is 0.409. The van der Waals surface area contributed by atoms with Crippen LogP contribution in [0.25, 0.3) is 11.1 Å². The van der Waals surface area contributed by atoms with Crippen LogP contribution in [-0.4, -0.2) is 44.6 Å². The number of amides is 2. The molecule has 2 heterocycles. The molecule has 2 amide bonds. The highest BCUT2D eigenvalue weighted by Crippen LogP contribution is 2.46. The minimum atomic E-state index is -5.20. The normalized spacial score (nSPS) is 20.2. The second-order valence-electron chi connectivity index (χ2n) is 10.5. The van der Waals surface area contributed by atoms with Gasteiger partial charge in [-0.05, 0) is 36.2 Å². The maximum atomic E-state index is 14.1. The number of hydrogen-bond donors (Lipinski definition) is 0. The number of rotatable bonds is 4. The molecular formula is C27H25Cl2F3N4O2. The van der Waals surface area contributed by atoms with Crippen LogP contribution in [0, 0.1) is 5.41 Å². The maximum absolute atomic E-state index is 14.1. The fourth-order valence-electron chi connectivity index (χ4n) is 4.86. The van der Waals surface area contributed by atoms with E-state index in [9.17, 15) is 22.8 Å². The molecule has 4 rings (SSSR count). The second-order valence-corrected chi connectivity index (χ2v) is 11.4. The van der Waals surface area contributed by atoms with Crippen LogP contribution in [0.15, 0.2) is 61.2 Å². The molecule has 1 fully saturated rings. The Morgan fingerprint density at radius 1 is 0.974 bits per heavy atom. The molecule has 0 unspecified atom stereocenters. The number of nitrogens with zero attached hydrogens (tertiary/aromatic N) is 4. The van der Waals surface area contributed by atoms with Crippen molar-refractivity contribution in [3.8, 4) is 11.1 Å². The average Bonchev–Trinajstić information content (AvgIpc) is 3.05. The number of carbonyl (C=O) groups excluding carboxylic acids is 2. The summed E-state index contributed by atoms with van der Waals surface area (Å²) in [6.45, 7) is 6.37. The summed E-state index contributed by atoms with van der Waals surface area (Å²) >= 11 is 12.4. The van der Waals surface area contributed by atoms with Gasteiger partial charge in [0.25, 0.3) is 5.91 Å². The van der Waals surface area contributed by atoms with Gasteiger partial charge >= 0.3 is 12.1 Å². The summed E-state index contributed by atoms with van der Waals surface area (Å²) in [4.78, 5) is 36.9. The molecule has 3 aromatic rings. The van der Waals surface area contributed by atoms with Crippen molar-refractivity contribution >= 4 is 40.7 Å². The molecule has 1 saturated heterocycles. The Balaban J connectivity index is 1.84. The van der Waals surface area contributed by atoms with E-state index in [1.165, 1.54) is 36.4 Å². The Kier molecular flexibility index (Phi) is 7.22. The van der Waals surface area contributed by atoms with Crippen LogP contribution < -0.4 is 4.90 Å². The van der Waals surface area contributed by atoms with E-state index in [2.05, 4.69) is 9.97 Å². The van der Waals surface area contributed by atoms with E-state index < -0.39 is 35.1 Å². The van der Waals surface area contributed by atoms with Gasteiger partial charge in [0.1, 0.15) is 18.0 Å². The fraction of sp³-hybridized carbons (Fsp3) is 0.333. The predicted octanol–water partition coefficient (Wildman–Crippen LogP) is 6.56. The van der Waals surface area contributed by atoms with Crippen LogP contribution in [-0.2, 0) is 16.0 Å². The molecule has 0 bridgehead atoms. The second kappa shape index (κ2) is 9.85. The highest BCUT2D eigenvalue weighted by Gasteiger charge is 2.64. The molecule has 0 aliphatic carbocycles. The first-order chi connectivity index (χ1) is 17.6. The summed E-state index contributed by atoms with van der Waals surface area (Å²) in [5.74, 6) is -2.77. The molecule has 1 aromatic heterocycles. The maximum Gasteiger partial charge on any atom is 0.471 e. The van der Waals surface area contributed by atoms with Crippen molar-refractivity contribution in [3.63, 3.8) is 0 Å². The van der Waals surface area contributed by atoms with E-state index in [1.54, 1.807) is 57.4 Å². The quantitative estimate of drug-likeness (QED) is 0.360. The van der Waals surface area contributed by atoms with Crippen LogP contribution in [0.5, 0.6) is 0 Å². The predicted molar refractivity (Wildman–Crippen MR) is 140 cm³/mol. The molecule has 11 heteroatoms. The van der Waals surface area contributed by atoms with Gasteiger partial charge in [-0.1, -0.05) is 68.2 Å². The Morgan fingerprint density at radius 2 is 1.53 bits per heavy atom. The van der Waals surface area contributed by atoms with Gasteiger partial charge in [-0.25, -0.2) is 9.97 Å². The van der Waals surface area contributed by atoms with Crippen molar-refractivity contribution in [3.05, 3.63) is 76.8 Å². The third kappa shape index (κ3) is 5.22. The fourth-order valence-corrected chi connectivity index (χ4v) is 5.38. The van der Waals surface area contributed by atoms with Crippen molar-refractivity contribution in [2.75, 3.05) is 4.90 Å². The molecule has 2 atom stereocenters. The van der Waals surface area contributed by atoms with E-state index in [0.717, 1.165) is 11.1 Å². The lowest BCUT2D eigenvalue weighted by Gasteiger charge is -2.42. The Morgan fingerprint density at radius 3 is 2.03 bits per heavy atom. The lowest BCUT2D eigenvalue weighted by Crippen LogP contribution is -2.59. The van der Waals surface area contributed by atoms with Crippen molar-refractivity contribution < 1.29 is 22.8 Å². The summed E-state index contributed by atoms with van der Waals surface area (Å²) in [6.07, 6.45) is -1.96. The summed E-state index contributed by atoms with van der Waals surface area (Å²) in [5.41, 5.74) is -0.511. The molecule has 1 aliphatic heterocycles. The van der Waals surface area contributed by atoms with Crippen LogP contribution in [0.1, 0.15) is 33.3 Å². The number of carbonyl (C=O) groups is 2. The number of halogens is 5. The molecule has 2 aromatic carbocycles. The molecule has 0 radical (unpaired) electrons. The van der Waals surface area contributed by atoms with Crippen molar-refractivity contribution in [1.29, 1.82) is 0 Å².